The highest BCUT2D eigenvalue weighted by molar-refractivity contribution is 5.15. The molecule has 0 spiro atoms. The van der Waals surface area contributed by atoms with E-state index in [9.17, 15) is 0 Å². The van der Waals surface area contributed by atoms with Crippen LogP contribution >= 0.6 is 0 Å². The van der Waals surface area contributed by atoms with E-state index < -0.39 is 0 Å². The summed E-state index contributed by atoms with van der Waals surface area (Å²) >= 11 is 0. The molecule has 2 rings (SSSR count). The Bertz CT molecular complexity index is 505. The smallest absolute Gasteiger partial charge is 0.121 e. The number of hydrogen-bond donors (Lipinski definition) is 1. The van der Waals surface area contributed by atoms with Crippen molar-refractivity contribution in [1.82, 2.24) is 15.6 Å². The maximum atomic E-state index is 4.70. The van der Waals surface area contributed by atoms with Crippen molar-refractivity contribution in [3.63, 3.8) is 0 Å². The Morgan fingerprint density at radius 1 is 1.16 bits per heavy atom. The van der Waals surface area contributed by atoms with Crippen LogP contribution in [0.4, 0.5) is 0 Å². The van der Waals surface area contributed by atoms with Crippen LogP contribution in [-0.2, 0) is 13.0 Å². The molecule has 4 heteroatoms. The first-order chi connectivity index (χ1) is 9.07. The van der Waals surface area contributed by atoms with E-state index >= 15 is 0 Å². The van der Waals surface area contributed by atoms with Gasteiger partial charge in [-0.25, -0.2) is 4.63 Å². The summed E-state index contributed by atoms with van der Waals surface area (Å²) in [5.41, 5.74) is 3.16. The average molecular weight is 259 g/mol. The quantitative estimate of drug-likeness (QED) is 0.866. The highest BCUT2D eigenvalue weighted by Gasteiger charge is 2.18. The Labute approximate surface area is 114 Å². The fourth-order valence-electron chi connectivity index (χ4n) is 1.92. The lowest BCUT2D eigenvalue weighted by atomic mass is 9.95. The molecule has 0 aliphatic heterocycles. The van der Waals surface area contributed by atoms with E-state index in [1.165, 1.54) is 5.56 Å². The Balaban J connectivity index is 1.83. The van der Waals surface area contributed by atoms with Crippen molar-refractivity contribution in [2.45, 2.75) is 45.7 Å². The van der Waals surface area contributed by atoms with Crippen LogP contribution in [0.2, 0.25) is 0 Å². The second kappa shape index (κ2) is 5.97. The standard InChI is InChI=1S/C15H21N3O/c1-12-14(18-19-17-12)11-16-15(2,3)10-9-13-7-5-4-6-8-13/h4-8,16H,9-11H2,1-3H3. The summed E-state index contributed by atoms with van der Waals surface area (Å²) in [5, 5.41) is 11.2. The second-order valence-corrected chi connectivity index (χ2v) is 5.52. The minimum Gasteiger partial charge on any atom is -0.306 e. The molecule has 4 nitrogen and oxygen atoms in total. The molecule has 0 unspecified atom stereocenters. The molecule has 0 aliphatic carbocycles. The Kier molecular flexibility index (Phi) is 4.32. The van der Waals surface area contributed by atoms with Crippen LogP contribution in [0.5, 0.6) is 0 Å². The third-order valence-electron chi connectivity index (χ3n) is 3.36. The predicted octanol–water partition coefficient (Wildman–Crippen LogP) is 2.88. The summed E-state index contributed by atoms with van der Waals surface area (Å²) < 4.78 is 4.70. The number of aromatic nitrogens is 2. The fourth-order valence-corrected chi connectivity index (χ4v) is 1.92. The minimum absolute atomic E-state index is 0.0568. The van der Waals surface area contributed by atoms with Gasteiger partial charge in [-0.1, -0.05) is 40.6 Å². The normalized spacial score (nSPS) is 11.7. The van der Waals surface area contributed by atoms with Crippen molar-refractivity contribution >= 4 is 0 Å². The molecule has 0 aliphatic rings. The molecule has 1 N–H and O–H groups in total. The van der Waals surface area contributed by atoms with Gasteiger partial charge in [0.15, 0.2) is 0 Å². The van der Waals surface area contributed by atoms with Crippen molar-refractivity contribution in [3.05, 3.63) is 47.3 Å². The number of benzene rings is 1. The first-order valence-electron chi connectivity index (χ1n) is 6.64. The summed E-state index contributed by atoms with van der Waals surface area (Å²) in [6, 6.07) is 10.6. The topological polar surface area (TPSA) is 51.0 Å². The SMILES string of the molecule is Cc1nonc1CNC(C)(C)CCc1ccccc1. The molecule has 0 saturated carbocycles. The molecule has 1 aromatic carbocycles. The van der Waals surface area contributed by atoms with Crippen LogP contribution in [0.3, 0.4) is 0 Å². The molecule has 1 aromatic heterocycles. The highest BCUT2D eigenvalue weighted by atomic mass is 16.6. The summed E-state index contributed by atoms with van der Waals surface area (Å²) in [7, 11) is 0. The van der Waals surface area contributed by atoms with Crippen molar-refractivity contribution in [1.29, 1.82) is 0 Å². The van der Waals surface area contributed by atoms with E-state index in [0.717, 1.165) is 24.2 Å². The highest BCUT2D eigenvalue weighted by Crippen LogP contribution is 2.14. The second-order valence-electron chi connectivity index (χ2n) is 5.52. The Morgan fingerprint density at radius 2 is 1.89 bits per heavy atom. The van der Waals surface area contributed by atoms with Crippen LogP contribution in [0.15, 0.2) is 35.0 Å². The van der Waals surface area contributed by atoms with Gasteiger partial charge in [-0.15, -0.1) is 0 Å². The molecular formula is C15H21N3O. The van der Waals surface area contributed by atoms with Crippen LogP contribution in [0.1, 0.15) is 37.2 Å². The third-order valence-corrected chi connectivity index (χ3v) is 3.36. The first kappa shape index (κ1) is 13.7. The van der Waals surface area contributed by atoms with Crippen LogP contribution in [0, 0.1) is 6.92 Å². The largest absolute Gasteiger partial charge is 0.306 e. The van der Waals surface area contributed by atoms with E-state index in [4.69, 9.17) is 4.63 Å². The summed E-state index contributed by atoms with van der Waals surface area (Å²) in [6.45, 7) is 7.01. The predicted molar refractivity (Wildman–Crippen MR) is 74.7 cm³/mol. The van der Waals surface area contributed by atoms with Crippen molar-refractivity contribution in [2.24, 2.45) is 0 Å². The molecule has 0 amide bonds. The van der Waals surface area contributed by atoms with Crippen molar-refractivity contribution < 1.29 is 4.63 Å². The summed E-state index contributed by atoms with van der Waals surface area (Å²) in [5.74, 6) is 0. The number of rotatable bonds is 6. The maximum Gasteiger partial charge on any atom is 0.121 e. The van der Waals surface area contributed by atoms with Gasteiger partial charge < -0.3 is 5.32 Å². The molecular weight excluding hydrogens is 238 g/mol. The number of nitrogens with one attached hydrogen (secondary N) is 1. The summed E-state index contributed by atoms with van der Waals surface area (Å²) in [4.78, 5) is 0. The van der Waals surface area contributed by atoms with Crippen molar-refractivity contribution in [3.8, 4) is 0 Å². The van der Waals surface area contributed by atoms with Crippen molar-refractivity contribution in [2.75, 3.05) is 0 Å². The van der Waals surface area contributed by atoms with Gasteiger partial charge in [0.2, 0.25) is 0 Å². The number of aryl methyl sites for hydroxylation is 2. The zero-order chi connectivity index (χ0) is 13.7. The van der Waals surface area contributed by atoms with Gasteiger partial charge in [-0.2, -0.15) is 0 Å². The van der Waals surface area contributed by atoms with Gasteiger partial charge in [-0.05, 0) is 39.2 Å². The molecule has 0 fully saturated rings. The average Bonchev–Trinajstić information content (AvgIpc) is 2.81. The van der Waals surface area contributed by atoms with Crippen LogP contribution < -0.4 is 5.32 Å². The number of hydrogen-bond acceptors (Lipinski definition) is 4. The lowest BCUT2D eigenvalue weighted by Gasteiger charge is -2.26. The summed E-state index contributed by atoms with van der Waals surface area (Å²) in [6.07, 6.45) is 2.14. The first-order valence-corrected chi connectivity index (χ1v) is 6.64. The molecule has 102 valence electrons. The van der Waals surface area contributed by atoms with E-state index in [0.29, 0.717) is 6.54 Å². The monoisotopic (exact) mass is 259 g/mol. The lowest BCUT2D eigenvalue weighted by Crippen LogP contribution is -2.39. The molecule has 0 saturated heterocycles. The number of nitrogens with zero attached hydrogens (tertiary/aromatic N) is 2. The van der Waals surface area contributed by atoms with E-state index in [1.54, 1.807) is 0 Å². The molecule has 1 heterocycles. The van der Waals surface area contributed by atoms with Gasteiger partial charge in [-0.3, -0.25) is 0 Å². The Morgan fingerprint density at radius 3 is 2.53 bits per heavy atom. The molecule has 0 bridgehead atoms. The lowest BCUT2D eigenvalue weighted by molar-refractivity contribution is 0.296. The van der Waals surface area contributed by atoms with Gasteiger partial charge in [0.1, 0.15) is 11.4 Å². The maximum absolute atomic E-state index is 4.70. The van der Waals surface area contributed by atoms with Gasteiger partial charge in [0.05, 0.1) is 0 Å². The van der Waals surface area contributed by atoms with E-state index in [2.05, 4.69) is 53.7 Å². The Hall–Kier alpha value is -1.68. The third kappa shape index (κ3) is 4.17. The molecule has 2 aromatic rings. The molecule has 19 heavy (non-hydrogen) atoms. The van der Waals surface area contributed by atoms with Crippen LogP contribution in [-0.4, -0.2) is 15.9 Å². The van der Waals surface area contributed by atoms with E-state index in [-0.39, 0.29) is 5.54 Å². The molecule has 0 atom stereocenters. The van der Waals surface area contributed by atoms with Crippen LogP contribution in [0.25, 0.3) is 0 Å². The van der Waals surface area contributed by atoms with Gasteiger partial charge >= 0.3 is 0 Å². The van der Waals surface area contributed by atoms with Gasteiger partial charge in [0, 0.05) is 12.1 Å². The zero-order valence-electron chi connectivity index (χ0n) is 11.8. The van der Waals surface area contributed by atoms with Gasteiger partial charge in [0.25, 0.3) is 0 Å². The molecule has 0 radical (unpaired) electrons. The fraction of sp³-hybridized carbons (Fsp3) is 0.467. The zero-order valence-corrected chi connectivity index (χ0v) is 11.8. The minimum atomic E-state index is 0.0568. The van der Waals surface area contributed by atoms with E-state index in [1.807, 2.05) is 13.0 Å².